The van der Waals surface area contributed by atoms with Crippen LogP contribution >= 0.6 is 24.8 Å². The van der Waals surface area contributed by atoms with Gasteiger partial charge < -0.3 is 19.9 Å². The van der Waals surface area contributed by atoms with Crippen LogP contribution in [0.25, 0.3) is 0 Å². The van der Waals surface area contributed by atoms with Gasteiger partial charge in [-0.15, -0.1) is 24.8 Å². The number of rotatable bonds is 2. The minimum atomic E-state index is 0. The second-order valence-corrected chi connectivity index (χ2v) is 5.36. The van der Waals surface area contributed by atoms with E-state index in [9.17, 15) is 4.79 Å². The third-order valence-corrected chi connectivity index (χ3v) is 3.95. The Bertz CT molecular complexity index is 495. The molecular formula is C15H23Cl2N3O2. The van der Waals surface area contributed by atoms with E-state index in [0.29, 0.717) is 13.0 Å². The van der Waals surface area contributed by atoms with Gasteiger partial charge in [0.1, 0.15) is 0 Å². The number of morpholine rings is 1. The third kappa shape index (κ3) is 4.04. The number of carbonyl (C=O) groups excluding carboxylic acids is 1. The molecule has 1 unspecified atom stereocenters. The maximum atomic E-state index is 12.5. The number of likely N-dealkylation sites (N-methyl/N-ethyl adjacent to an activating group) is 1. The first-order valence-corrected chi connectivity index (χ1v) is 7.18. The van der Waals surface area contributed by atoms with Crippen LogP contribution in [-0.4, -0.2) is 51.8 Å². The van der Waals surface area contributed by atoms with Crippen molar-refractivity contribution in [2.75, 3.05) is 49.6 Å². The van der Waals surface area contributed by atoms with Crippen molar-refractivity contribution >= 4 is 42.1 Å². The predicted molar refractivity (Wildman–Crippen MR) is 93.8 cm³/mol. The van der Waals surface area contributed by atoms with Gasteiger partial charge in [0.2, 0.25) is 5.91 Å². The first kappa shape index (κ1) is 19.0. The average molecular weight is 348 g/mol. The van der Waals surface area contributed by atoms with E-state index in [0.717, 1.165) is 37.6 Å². The Hall–Kier alpha value is -1.01. The molecule has 1 fully saturated rings. The van der Waals surface area contributed by atoms with Gasteiger partial charge in [-0.3, -0.25) is 4.79 Å². The van der Waals surface area contributed by atoms with Crippen LogP contribution in [0.4, 0.5) is 11.4 Å². The zero-order valence-electron chi connectivity index (χ0n) is 12.7. The molecule has 22 heavy (non-hydrogen) atoms. The number of nitrogens with one attached hydrogen (secondary N) is 1. The summed E-state index contributed by atoms with van der Waals surface area (Å²) in [4.78, 5) is 16.6. The molecule has 0 aromatic heterocycles. The van der Waals surface area contributed by atoms with Crippen LogP contribution in [0, 0.1) is 0 Å². The Morgan fingerprint density at radius 1 is 1.27 bits per heavy atom. The Kier molecular flexibility index (Phi) is 7.42. The Morgan fingerprint density at radius 2 is 2.00 bits per heavy atom. The van der Waals surface area contributed by atoms with Crippen molar-refractivity contribution in [1.29, 1.82) is 0 Å². The molecule has 1 aromatic rings. The minimum absolute atomic E-state index is 0. The lowest BCUT2D eigenvalue weighted by Gasteiger charge is -2.36. The normalized spacial score (nSPS) is 20.5. The minimum Gasteiger partial charge on any atom is -0.375 e. The fraction of sp³-hybridized carbons (Fsp3) is 0.533. The number of nitrogens with zero attached hydrogens (tertiary/aromatic N) is 2. The smallest absolute Gasteiger partial charge is 0.229 e. The van der Waals surface area contributed by atoms with Crippen molar-refractivity contribution in [3.05, 3.63) is 24.3 Å². The van der Waals surface area contributed by atoms with E-state index in [1.807, 2.05) is 23.1 Å². The summed E-state index contributed by atoms with van der Waals surface area (Å²) >= 11 is 0. The van der Waals surface area contributed by atoms with Gasteiger partial charge in [0.15, 0.2) is 0 Å². The molecule has 2 heterocycles. The zero-order valence-corrected chi connectivity index (χ0v) is 14.3. The number of carbonyl (C=O) groups is 1. The van der Waals surface area contributed by atoms with Crippen LogP contribution in [-0.2, 0) is 9.53 Å². The lowest BCUT2D eigenvalue weighted by Crippen LogP contribution is -2.46. The molecule has 0 bridgehead atoms. The molecule has 5 nitrogen and oxygen atoms in total. The molecule has 1 saturated heterocycles. The second-order valence-electron chi connectivity index (χ2n) is 5.36. The zero-order chi connectivity index (χ0) is 13.9. The molecule has 1 amide bonds. The highest BCUT2D eigenvalue weighted by Gasteiger charge is 2.27. The van der Waals surface area contributed by atoms with E-state index in [2.05, 4.69) is 23.3 Å². The molecule has 124 valence electrons. The molecular weight excluding hydrogens is 325 g/mol. The van der Waals surface area contributed by atoms with Gasteiger partial charge in [-0.05, 0) is 12.1 Å². The van der Waals surface area contributed by atoms with Crippen molar-refractivity contribution in [2.24, 2.45) is 0 Å². The summed E-state index contributed by atoms with van der Waals surface area (Å²) in [7, 11) is 2.06. The quantitative estimate of drug-likeness (QED) is 0.884. The second kappa shape index (κ2) is 8.58. The number of halogens is 2. The molecule has 3 rings (SSSR count). The van der Waals surface area contributed by atoms with Crippen LogP contribution in [0.1, 0.15) is 6.42 Å². The highest BCUT2D eigenvalue weighted by Crippen LogP contribution is 2.32. The highest BCUT2D eigenvalue weighted by atomic mass is 35.5. The summed E-state index contributed by atoms with van der Waals surface area (Å²) < 4.78 is 5.63. The van der Waals surface area contributed by atoms with Crippen molar-refractivity contribution < 1.29 is 9.53 Å². The van der Waals surface area contributed by atoms with Crippen molar-refractivity contribution in [1.82, 2.24) is 5.32 Å². The average Bonchev–Trinajstić information content (AvgIpc) is 2.49. The van der Waals surface area contributed by atoms with Crippen molar-refractivity contribution in [2.45, 2.75) is 12.5 Å². The molecule has 1 atom stereocenters. The van der Waals surface area contributed by atoms with Gasteiger partial charge in [0.05, 0.1) is 30.5 Å². The van der Waals surface area contributed by atoms with Gasteiger partial charge >= 0.3 is 0 Å². The number of benzene rings is 1. The van der Waals surface area contributed by atoms with Gasteiger partial charge in [-0.1, -0.05) is 12.1 Å². The number of anilines is 2. The SMILES string of the molecule is CN1CCN(C(=O)CC2CNCCO2)c2ccccc21.Cl.Cl. The highest BCUT2D eigenvalue weighted by molar-refractivity contribution is 5.98. The first-order chi connectivity index (χ1) is 9.75. The van der Waals surface area contributed by atoms with Crippen LogP contribution in [0.15, 0.2) is 24.3 Å². The number of amides is 1. The number of fused-ring (bicyclic) bond motifs is 1. The monoisotopic (exact) mass is 347 g/mol. The Morgan fingerprint density at radius 3 is 2.68 bits per heavy atom. The van der Waals surface area contributed by atoms with Gasteiger partial charge in [0, 0.05) is 33.2 Å². The summed E-state index contributed by atoms with van der Waals surface area (Å²) in [5.74, 6) is 0.152. The van der Waals surface area contributed by atoms with Crippen LogP contribution in [0.5, 0.6) is 0 Å². The molecule has 1 aromatic carbocycles. The topological polar surface area (TPSA) is 44.8 Å². The molecule has 2 aliphatic rings. The van der Waals surface area contributed by atoms with Crippen molar-refractivity contribution in [3.8, 4) is 0 Å². The van der Waals surface area contributed by atoms with E-state index in [1.54, 1.807) is 0 Å². The maximum Gasteiger partial charge on any atom is 0.229 e. The summed E-state index contributed by atoms with van der Waals surface area (Å²) in [5.41, 5.74) is 2.13. The molecule has 0 spiro atoms. The van der Waals surface area contributed by atoms with Crippen LogP contribution in [0.2, 0.25) is 0 Å². The van der Waals surface area contributed by atoms with E-state index in [4.69, 9.17) is 4.74 Å². The van der Waals surface area contributed by atoms with E-state index in [-0.39, 0.29) is 36.8 Å². The number of ether oxygens (including phenoxy) is 1. The van der Waals surface area contributed by atoms with Gasteiger partial charge in [-0.2, -0.15) is 0 Å². The predicted octanol–water partition coefficient (Wildman–Crippen LogP) is 1.69. The number of hydrogen-bond donors (Lipinski definition) is 1. The Labute approximate surface area is 143 Å². The molecule has 7 heteroatoms. The van der Waals surface area contributed by atoms with E-state index in [1.165, 1.54) is 0 Å². The maximum absolute atomic E-state index is 12.5. The number of para-hydroxylation sites is 2. The number of hydrogen-bond acceptors (Lipinski definition) is 4. The van der Waals surface area contributed by atoms with Gasteiger partial charge in [0.25, 0.3) is 0 Å². The lowest BCUT2D eigenvalue weighted by molar-refractivity contribution is -0.122. The lowest BCUT2D eigenvalue weighted by atomic mass is 10.1. The molecule has 0 saturated carbocycles. The van der Waals surface area contributed by atoms with Gasteiger partial charge in [-0.25, -0.2) is 0 Å². The van der Waals surface area contributed by atoms with Crippen LogP contribution < -0.4 is 15.1 Å². The fourth-order valence-corrected chi connectivity index (χ4v) is 2.82. The third-order valence-electron chi connectivity index (χ3n) is 3.95. The molecule has 0 radical (unpaired) electrons. The standard InChI is InChI=1S/C15H21N3O2.2ClH/c1-17-7-8-18(14-5-3-2-4-13(14)17)15(19)10-12-11-16-6-9-20-12;;/h2-5,12,16H,6-11H2,1H3;2*1H. The summed E-state index contributed by atoms with van der Waals surface area (Å²) in [6.45, 7) is 3.94. The first-order valence-electron chi connectivity index (χ1n) is 7.18. The summed E-state index contributed by atoms with van der Waals surface area (Å²) in [6, 6.07) is 8.07. The summed E-state index contributed by atoms with van der Waals surface area (Å²) in [5, 5.41) is 3.27. The van der Waals surface area contributed by atoms with E-state index >= 15 is 0 Å². The largest absolute Gasteiger partial charge is 0.375 e. The van der Waals surface area contributed by atoms with E-state index < -0.39 is 0 Å². The summed E-state index contributed by atoms with van der Waals surface area (Å²) in [6.07, 6.45) is 0.452. The molecule has 2 aliphatic heterocycles. The van der Waals surface area contributed by atoms with Crippen molar-refractivity contribution in [3.63, 3.8) is 0 Å². The molecule has 0 aliphatic carbocycles. The molecule has 1 N–H and O–H groups in total. The Balaban J connectivity index is 0.00000121. The fourth-order valence-electron chi connectivity index (χ4n) is 2.82. The van der Waals surface area contributed by atoms with Crippen LogP contribution in [0.3, 0.4) is 0 Å².